The first-order chi connectivity index (χ1) is 6.62. The van der Waals surface area contributed by atoms with E-state index in [0.29, 0.717) is 12.6 Å². The van der Waals surface area contributed by atoms with Crippen LogP contribution in [0.3, 0.4) is 0 Å². The Morgan fingerprint density at radius 3 is 2.86 bits per heavy atom. The van der Waals surface area contributed by atoms with Crippen LogP contribution < -0.4 is 5.73 Å². The van der Waals surface area contributed by atoms with E-state index in [0.717, 1.165) is 5.16 Å². The SMILES string of the molecule is CC(C)(CN)Sc1nnnn1C1CC1. The maximum atomic E-state index is 5.67. The standard InChI is InChI=1S/C8H15N5S/c1-8(2,5-9)14-7-10-11-12-13(7)6-3-4-6/h6H,3-5,9H2,1-2H3. The van der Waals surface area contributed by atoms with E-state index < -0.39 is 0 Å². The molecule has 0 bridgehead atoms. The number of tetrazole rings is 1. The maximum Gasteiger partial charge on any atom is 0.210 e. The number of rotatable bonds is 4. The summed E-state index contributed by atoms with van der Waals surface area (Å²) in [6, 6.07) is 0.529. The lowest BCUT2D eigenvalue weighted by Gasteiger charge is -2.20. The number of nitrogens with two attached hydrogens (primary N) is 1. The molecule has 14 heavy (non-hydrogen) atoms. The van der Waals surface area contributed by atoms with Crippen molar-refractivity contribution in [3.8, 4) is 0 Å². The minimum Gasteiger partial charge on any atom is -0.329 e. The molecule has 0 spiro atoms. The summed E-state index contributed by atoms with van der Waals surface area (Å²) in [5.74, 6) is 0. The molecule has 78 valence electrons. The van der Waals surface area contributed by atoms with Crippen LogP contribution in [0.15, 0.2) is 5.16 Å². The highest BCUT2D eigenvalue weighted by Gasteiger charge is 2.30. The Morgan fingerprint density at radius 1 is 1.57 bits per heavy atom. The first-order valence-corrected chi connectivity index (χ1v) is 5.61. The van der Waals surface area contributed by atoms with Crippen molar-refractivity contribution in [2.24, 2.45) is 5.73 Å². The van der Waals surface area contributed by atoms with Gasteiger partial charge in [0.1, 0.15) is 0 Å². The molecule has 2 rings (SSSR count). The Balaban J connectivity index is 2.11. The van der Waals surface area contributed by atoms with E-state index in [2.05, 4.69) is 29.4 Å². The fourth-order valence-electron chi connectivity index (χ4n) is 1.09. The first kappa shape index (κ1) is 9.92. The molecule has 0 radical (unpaired) electrons. The maximum absolute atomic E-state index is 5.67. The van der Waals surface area contributed by atoms with Gasteiger partial charge in [0.15, 0.2) is 0 Å². The Bertz CT molecular complexity index is 317. The molecular weight excluding hydrogens is 198 g/mol. The number of aromatic nitrogens is 4. The normalized spacial score (nSPS) is 17.4. The van der Waals surface area contributed by atoms with Crippen LogP contribution in [0.2, 0.25) is 0 Å². The zero-order valence-electron chi connectivity index (χ0n) is 8.47. The summed E-state index contributed by atoms with van der Waals surface area (Å²) in [7, 11) is 0. The molecule has 0 aliphatic heterocycles. The summed E-state index contributed by atoms with van der Waals surface area (Å²) in [6.45, 7) is 4.82. The highest BCUT2D eigenvalue weighted by Crippen LogP contribution is 2.38. The molecule has 1 aliphatic rings. The van der Waals surface area contributed by atoms with Crippen LogP contribution in [0, 0.1) is 0 Å². The Hall–Kier alpha value is -0.620. The molecule has 0 saturated heterocycles. The van der Waals surface area contributed by atoms with Crippen molar-refractivity contribution in [1.82, 2.24) is 20.2 Å². The van der Waals surface area contributed by atoms with Gasteiger partial charge in [0.25, 0.3) is 0 Å². The van der Waals surface area contributed by atoms with Gasteiger partial charge in [0.05, 0.1) is 6.04 Å². The van der Waals surface area contributed by atoms with Crippen molar-refractivity contribution >= 4 is 11.8 Å². The summed E-state index contributed by atoms with van der Waals surface area (Å²) in [4.78, 5) is 0. The van der Waals surface area contributed by atoms with Crippen molar-refractivity contribution < 1.29 is 0 Å². The smallest absolute Gasteiger partial charge is 0.210 e. The van der Waals surface area contributed by atoms with Crippen molar-refractivity contribution in [3.63, 3.8) is 0 Å². The summed E-state index contributed by atoms with van der Waals surface area (Å²) in [5, 5.41) is 12.6. The van der Waals surface area contributed by atoms with Crippen LogP contribution in [0.5, 0.6) is 0 Å². The monoisotopic (exact) mass is 213 g/mol. The number of nitrogens with zero attached hydrogens (tertiary/aromatic N) is 4. The zero-order valence-corrected chi connectivity index (χ0v) is 9.29. The van der Waals surface area contributed by atoms with E-state index in [1.54, 1.807) is 11.8 Å². The van der Waals surface area contributed by atoms with Crippen LogP contribution in [-0.4, -0.2) is 31.5 Å². The topological polar surface area (TPSA) is 69.6 Å². The molecular formula is C8H15N5S. The first-order valence-electron chi connectivity index (χ1n) is 4.79. The van der Waals surface area contributed by atoms with Crippen molar-refractivity contribution in [1.29, 1.82) is 0 Å². The summed E-state index contributed by atoms with van der Waals surface area (Å²) >= 11 is 1.65. The third-order valence-corrected chi connectivity index (χ3v) is 3.39. The van der Waals surface area contributed by atoms with Crippen LogP contribution in [0.4, 0.5) is 0 Å². The molecule has 6 heteroatoms. The highest BCUT2D eigenvalue weighted by atomic mass is 32.2. The van der Waals surface area contributed by atoms with Gasteiger partial charge < -0.3 is 5.73 Å². The van der Waals surface area contributed by atoms with E-state index >= 15 is 0 Å². The largest absolute Gasteiger partial charge is 0.329 e. The third-order valence-electron chi connectivity index (χ3n) is 2.21. The lowest BCUT2D eigenvalue weighted by molar-refractivity contribution is 0.562. The average Bonchev–Trinajstić information content (AvgIpc) is 2.88. The summed E-state index contributed by atoms with van der Waals surface area (Å²) in [5.41, 5.74) is 5.67. The molecule has 2 N–H and O–H groups in total. The summed E-state index contributed by atoms with van der Waals surface area (Å²) < 4.78 is 1.92. The van der Waals surface area contributed by atoms with Gasteiger partial charge in [0, 0.05) is 11.3 Å². The molecule has 5 nitrogen and oxygen atoms in total. The summed E-state index contributed by atoms with van der Waals surface area (Å²) in [6.07, 6.45) is 2.39. The number of thioether (sulfide) groups is 1. The van der Waals surface area contributed by atoms with Gasteiger partial charge in [-0.1, -0.05) is 11.8 Å². The molecule has 1 aliphatic carbocycles. The van der Waals surface area contributed by atoms with Gasteiger partial charge in [-0.15, -0.1) is 5.10 Å². The number of hydrogen-bond acceptors (Lipinski definition) is 5. The van der Waals surface area contributed by atoms with Gasteiger partial charge >= 0.3 is 0 Å². The lowest BCUT2D eigenvalue weighted by Crippen LogP contribution is -2.27. The van der Waals surface area contributed by atoms with Crippen LogP contribution >= 0.6 is 11.8 Å². The molecule has 0 aromatic carbocycles. The van der Waals surface area contributed by atoms with Gasteiger partial charge in [0.2, 0.25) is 5.16 Å². The molecule has 0 atom stereocenters. The minimum atomic E-state index is 0.00134. The fraction of sp³-hybridized carbons (Fsp3) is 0.875. The van der Waals surface area contributed by atoms with E-state index in [9.17, 15) is 0 Å². The van der Waals surface area contributed by atoms with Crippen LogP contribution in [0.25, 0.3) is 0 Å². The van der Waals surface area contributed by atoms with E-state index in [1.165, 1.54) is 12.8 Å². The Kier molecular flexibility index (Phi) is 2.48. The predicted molar refractivity (Wildman–Crippen MR) is 55.1 cm³/mol. The second-order valence-corrected chi connectivity index (χ2v) is 5.88. The molecule has 0 amide bonds. The van der Waals surface area contributed by atoms with Crippen molar-refractivity contribution in [3.05, 3.63) is 0 Å². The van der Waals surface area contributed by atoms with Gasteiger partial charge in [-0.3, -0.25) is 0 Å². The number of hydrogen-bond donors (Lipinski definition) is 1. The van der Waals surface area contributed by atoms with E-state index in [1.807, 2.05) is 4.68 Å². The Morgan fingerprint density at radius 2 is 2.29 bits per heavy atom. The van der Waals surface area contributed by atoms with Gasteiger partial charge in [-0.05, 0) is 37.1 Å². The predicted octanol–water partition coefficient (Wildman–Crippen LogP) is 0.837. The van der Waals surface area contributed by atoms with Crippen molar-refractivity contribution in [2.45, 2.75) is 42.6 Å². The highest BCUT2D eigenvalue weighted by molar-refractivity contribution is 8.00. The molecule has 1 fully saturated rings. The van der Waals surface area contributed by atoms with Crippen LogP contribution in [0.1, 0.15) is 32.7 Å². The van der Waals surface area contributed by atoms with E-state index in [-0.39, 0.29) is 4.75 Å². The lowest BCUT2D eigenvalue weighted by atomic mass is 10.2. The molecule has 1 aromatic rings. The quantitative estimate of drug-likeness (QED) is 0.750. The molecule has 1 heterocycles. The zero-order chi connectivity index (χ0) is 10.2. The molecule has 0 unspecified atom stereocenters. The second kappa shape index (κ2) is 3.51. The van der Waals surface area contributed by atoms with Gasteiger partial charge in [-0.2, -0.15) is 0 Å². The minimum absolute atomic E-state index is 0.00134. The second-order valence-electron chi connectivity index (χ2n) is 4.20. The van der Waals surface area contributed by atoms with Crippen LogP contribution in [-0.2, 0) is 0 Å². The molecule has 1 saturated carbocycles. The van der Waals surface area contributed by atoms with E-state index in [4.69, 9.17) is 5.73 Å². The average molecular weight is 213 g/mol. The Labute approximate surface area is 87.4 Å². The van der Waals surface area contributed by atoms with Crippen molar-refractivity contribution in [2.75, 3.05) is 6.54 Å². The third kappa shape index (κ3) is 2.06. The molecule has 1 aromatic heterocycles. The fourth-order valence-corrected chi connectivity index (χ4v) is 2.02. The van der Waals surface area contributed by atoms with Gasteiger partial charge in [-0.25, -0.2) is 4.68 Å².